The number of carbonyl (C=O) groups excluding carboxylic acids is 2. The number of amides is 2. The molecule has 1 atom stereocenters. The van der Waals surface area contributed by atoms with Crippen molar-refractivity contribution in [3.05, 3.63) is 35.4 Å². The Kier molecular flexibility index (Phi) is 6.56. The van der Waals surface area contributed by atoms with Crippen LogP contribution in [-0.2, 0) is 19.4 Å². The Morgan fingerprint density at radius 3 is 2.41 bits per heavy atom. The Labute approximate surface area is 156 Å². The summed E-state index contributed by atoms with van der Waals surface area (Å²) in [5.74, 6) is 3.05. The van der Waals surface area contributed by atoms with Crippen molar-refractivity contribution in [1.82, 2.24) is 10.8 Å². The first-order valence-corrected chi connectivity index (χ1v) is 9.79. The molecule has 0 aliphatic carbocycles. The zero-order valence-electron chi connectivity index (χ0n) is 14.6. The number of hydroxylamine groups is 1. The summed E-state index contributed by atoms with van der Waals surface area (Å²) in [6.07, 6.45) is 0.336. The third kappa shape index (κ3) is 4.84. The van der Waals surface area contributed by atoms with E-state index < -0.39 is 44.8 Å². The third-order valence-corrected chi connectivity index (χ3v) is 5.98. The molecule has 1 aromatic carbocycles. The average Bonchev–Trinajstić information content (AvgIpc) is 2.63. The molecule has 1 fully saturated rings. The minimum absolute atomic E-state index is 0.0429. The van der Waals surface area contributed by atoms with Gasteiger partial charge in [0.2, 0.25) is 0 Å². The molecule has 4 N–H and O–H groups in total. The predicted octanol–water partition coefficient (Wildman–Crippen LogP) is -1.16. The minimum Gasteiger partial charge on any atom is -0.395 e. The van der Waals surface area contributed by atoms with E-state index in [1.54, 1.807) is 12.1 Å². The first-order valence-electron chi connectivity index (χ1n) is 7.97. The topological polar surface area (TPSA) is 142 Å². The summed E-state index contributed by atoms with van der Waals surface area (Å²) in [4.78, 5) is 24.5. The van der Waals surface area contributed by atoms with Crippen LogP contribution in [0.4, 0.5) is 0 Å². The van der Waals surface area contributed by atoms with E-state index in [1.807, 2.05) is 0 Å². The van der Waals surface area contributed by atoms with Crippen LogP contribution in [0.25, 0.3) is 0 Å². The highest BCUT2D eigenvalue weighted by Gasteiger charge is 2.57. The van der Waals surface area contributed by atoms with Crippen LogP contribution in [-0.4, -0.2) is 67.4 Å². The van der Waals surface area contributed by atoms with Crippen molar-refractivity contribution in [3.8, 4) is 11.8 Å². The van der Waals surface area contributed by atoms with Crippen LogP contribution in [0.5, 0.6) is 0 Å². The number of benzene rings is 1. The summed E-state index contributed by atoms with van der Waals surface area (Å²) in [6.45, 7) is -0.0429. The zero-order valence-corrected chi connectivity index (χ0v) is 15.4. The van der Waals surface area contributed by atoms with Gasteiger partial charge in [-0.2, -0.15) is 0 Å². The molecule has 27 heavy (non-hydrogen) atoms. The molecule has 0 spiro atoms. The van der Waals surface area contributed by atoms with Crippen LogP contribution < -0.4 is 10.8 Å². The Morgan fingerprint density at radius 2 is 1.93 bits per heavy atom. The van der Waals surface area contributed by atoms with Gasteiger partial charge < -0.3 is 15.2 Å². The molecule has 1 aliphatic heterocycles. The van der Waals surface area contributed by atoms with Crippen LogP contribution in [0, 0.1) is 11.8 Å². The second-order valence-corrected chi connectivity index (χ2v) is 8.10. The van der Waals surface area contributed by atoms with Gasteiger partial charge in [-0.05, 0) is 24.3 Å². The summed E-state index contributed by atoms with van der Waals surface area (Å²) in [7, 11) is -2.14. The molecule has 1 aromatic rings. The van der Waals surface area contributed by atoms with Crippen LogP contribution in [0.15, 0.2) is 24.3 Å². The number of nitrogens with one attached hydrogen (secondary N) is 2. The van der Waals surface area contributed by atoms with Gasteiger partial charge in [0.1, 0.15) is 11.6 Å². The van der Waals surface area contributed by atoms with Gasteiger partial charge in [-0.1, -0.05) is 11.8 Å². The molecule has 2 rings (SSSR count). The fourth-order valence-electron chi connectivity index (χ4n) is 2.74. The molecule has 2 amide bonds. The zero-order chi connectivity index (χ0) is 20.1. The monoisotopic (exact) mass is 396 g/mol. The molecule has 1 unspecified atom stereocenters. The molecule has 0 bridgehead atoms. The standard InChI is InChI=1S/C17H20N2O7S/c1-26-17(10-27(24,25)11-17)14(16(22)19-23)18-15(21)13-7-5-12(6-8-13)4-2-3-9-20/h5-8,14,20,23H,3,9-11H2,1H3,(H,18,21)(H,19,22). The van der Waals surface area contributed by atoms with E-state index in [1.165, 1.54) is 24.7 Å². The highest BCUT2D eigenvalue weighted by atomic mass is 32.2. The van der Waals surface area contributed by atoms with Gasteiger partial charge in [0.25, 0.3) is 11.8 Å². The molecule has 0 radical (unpaired) electrons. The highest BCUT2D eigenvalue weighted by Crippen LogP contribution is 2.31. The molecule has 9 nitrogen and oxygen atoms in total. The van der Waals surface area contributed by atoms with E-state index in [0.717, 1.165) is 0 Å². The molecular weight excluding hydrogens is 376 g/mol. The van der Waals surface area contributed by atoms with Crippen LogP contribution >= 0.6 is 0 Å². The third-order valence-electron chi connectivity index (χ3n) is 4.13. The molecule has 10 heteroatoms. The van der Waals surface area contributed by atoms with Gasteiger partial charge in [-0.3, -0.25) is 14.8 Å². The number of aliphatic hydroxyl groups is 1. The number of hydrogen-bond acceptors (Lipinski definition) is 7. The molecule has 1 heterocycles. The van der Waals surface area contributed by atoms with Crippen molar-refractivity contribution in [2.75, 3.05) is 25.2 Å². The van der Waals surface area contributed by atoms with Crippen LogP contribution in [0.3, 0.4) is 0 Å². The maximum absolute atomic E-state index is 12.5. The summed E-state index contributed by atoms with van der Waals surface area (Å²) in [5, 5.41) is 20.1. The SMILES string of the molecule is COC1(C(NC(=O)c2ccc(C#CCCO)cc2)C(=O)NO)CS(=O)(=O)C1. The predicted molar refractivity (Wildman–Crippen MR) is 94.6 cm³/mol. The maximum Gasteiger partial charge on any atom is 0.268 e. The number of carbonyl (C=O) groups is 2. The number of hydrogen-bond donors (Lipinski definition) is 4. The van der Waals surface area contributed by atoms with Gasteiger partial charge in [0.05, 0.1) is 18.1 Å². The molecule has 146 valence electrons. The van der Waals surface area contributed by atoms with Gasteiger partial charge >= 0.3 is 0 Å². The smallest absolute Gasteiger partial charge is 0.268 e. The van der Waals surface area contributed by atoms with E-state index in [9.17, 15) is 18.0 Å². The summed E-state index contributed by atoms with van der Waals surface area (Å²) < 4.78 is 28.3. The normalized spacial score (nSPS) is 17.6. The van der Waals surface area contributed by atoms with Crippen molar-refractivity contribution < 1.29 is 33.1 Å². The number of methoxy groups -OCH3 is 1. The quantitative estimate of drug-likeness (QED) is 0.270. The van der Waals surface area contributed by atoms with Crippen molar-refractivity contribution in [2.24, 2.45) is 0 Å². The Hall–Kier alpha value is -2.45. The highest BCUT2D eigenvalue weighted by molar-refractivity contribution is 7.93. The average molecular weight is 396 g/mol. The van der Waals surface area contributed by atoms with Crippen molar-refractivity contribution in [3.63, 3.8) is 0 Å². The van der Waals surface area contributed by atoms with Gasteiger partial charge in [0.15, 0.2) is 9.84 Å². The van der Waals surface area contributed by atoms with Crippen molar-refractivity contribution >= 4 is 21.7 Å². The van der Waals surface area contributed by atoms with E-state index in [2.05, 4.69) is 17.2 Å². The van der Waals surface area contributed by atoms with Gasteiger partial charge in [-0.25, -0.2) is 13.9 Å². The molecular formula is C17H20N2O7S. The Balaban J connectivity index is 2.17. The summed E-state index contributed by atoms with van der Waals surface area (Å²) in [5.41, 5.74) is 0.837. The second-order valence-electron chi connectivity index (χ2n) is 6.04. The van der Waals surface area contributed by atoms with Crippen molar-refractivity contribution in [1.29, 1.82) is 0 Å². The van der Waals surface area contributed by atoms with E-state index >= 15 is 0 Å². The molecule has 0 aromatic heterocycles. The van der Waals surface area contributed by atoms with Gasteiger partial charge in [-0.15, -0.1) is 0 Å². The number of rotatable bonds is 6. The minimum atomic E-state index is -3.38. The largest absolute Gasteiger partial charge is 0.395 e. The van der Waals surface area contributed by atoms with Crippen LogP contribution in [0.2, 0.25) is 0 Å². The number of ether oxygens (including phenoxy) is 1. The first-order chi connectivity index (χ1) is 12.8. The molecule has 1 saturated heterocycles. The fraction of sp³-hybridized carbons (Fsp3) is 0.412. The summed E-state index contributed by atoms with van der Waals surface area (Å²) in [6, 6.07) is 4.78. The van der Waals surface area contributed by atoms with E-state index in [0.29, 0.717) is 12.0 Å². The van der Waals surface area contributed by atoms with E-state index in [4.69, 9.17) is 15.1 Å². The lowest BCUT2D eigenvalue weighted by Gasteiger charge is -2.44. The first kappa shape index (κ1) is 20.9. The fourth-order valence-corrected chi connectivity index (χ4v) is 4.72. The number of sulfone groups is 1. The lowest BCUT2D eigenvalue weighted by molar-refractivity contribution is -0.138. The van der Waals surface area contributed by atoms with E-state index in [-0.39, 0.29) is 12.2 Å². The van der Waals surface area contributed by atoms with Crippen molar-refractivity contribution in [2.45, 2.75) is 18.1 Å². The lowest BCUT2D eigenvalue weighted by Crippen LogP contribution is -2.71. The van der Waals surface area contributed by atoms with Gasteiger partial charge in [0, 0.05) is 24.7 Å². The molecule has 1 aliphatic rings. The Bertz CT molecular complexity index is 857. The molecule has 0 saturated carbocycles. The Morgan fingerprint density at radius 1 is 1.30 bits per heavy atom. The lowest BCUT2D eigenvalue weighted by atomic mass is 9.95. The second kappa shape index (κ2) is 8.49. The number of aliphatic hydroxyl groups excluding tert-OH is 1. The summed E-state index contributed by atoms with van der Waals surface area (Å²) >= 11 is 0. The maximum atomic E-state index is 12.5. The van der Waals surface area contributed by atoms with Crippen LogP contribution in [0.1, 0.15) is 22.3 Å².